The number of nitrogens with one attached hydrogen (secondary N) is 2. The first kappa shape index (κ1) is 17.7. The molecule has 1 aliphatic heterocycles. The van der Waals surface area contributed by atoms with Gasteiger partial charge in [-0.15, -0.1) is 0 Å². The van der Waals surface area contributed by atoms with Crippen LogP contribution in [0.2, 0.25) is 0 Å². The molecular weight excluding hydrogens is 332 g/mol. The number of likely N-dealkylation sites (tertiary alicyclic amines) is 1. The van der Waals surface area contributed by atoms with E-state index in [1.807, 2.05) is 12.1 Å². The molecule has 1 atom stereocenters. The molecule has 1 fully saturated rings. The van der Waals surface area contributed by atoms with Gasteiger partial charge in [0.25, 0.3) is 5.91 Å². The van der Waals surface area contributed by atoms with Crippen LogP contribution in [0.25, 0.3) is 0 Å². The number of urea groups is 1. The number of hydrogen-bond acceptors (Lipinski definition) is 4. The van der Waals surface area contributed by atoms with E-state index >= 15 is 0 Å². The first-order valence-corrected chi connectivity index (χ1v) is 8.51. The summed E-state index contributed by atoms with van der Waals surface area (Å²) in [5.41, 5.74) is 1.99. The van der Waals surface area contributed by atoms with E-state index in [1.54, 1.807) is 42.5 Å². The molecule has 26 heavy (non-hydrogen) atoms. The van der Waals surface area contributed by atoms with Gasteiger partial charge in [-0.1, -0.05) is 0 Å². The Morgan fingerprint density at radius 1 is 1.23 bits per heavy atom. The van der Waals surface area contributed by atoms with Gasteiger partial charge in [0.15, 0.2) is 0 Å². The van der Waals surface area contributed by atoms with Crippen LogP contribution in [0.4, 0.5) is 10.5 Å². The van der Waals surface area contributed by atoms with Gasteiger partial charge in [0.05, 0.1) is 18.8 Å². The largest absolute Gasteiger partial charge is 0.495 e. The van der Waals surface area contributed by atoms with E-state index in [0.717, 1.165) is 18.4 Å². The van der Waals surface area contributed by atoms with Gasteiger partial charge >= 0.3 is 6.03 Å². The summed E-state index contributed by atoms with van der Waals surface area (Å²) in [6, 6.07) is 8.62. The number of carbonyl (C=O) groups is 2. The quantitative estimate of drug-likeness (QED) is 0.884. The molecule has 7 heteroatoms. The summed E-state index contributed by atoms with van der Waals surface area (Å²) >= 11 is 0. The van der Waals surface area contributed by atoms with Gasteiger partial charge in [-0.05, 0) is 48.7 Å². The third-order valence-electron chi connectivity index (χ3n) is 4.53. The van der Waals surface area contributed by atoms with Crippen LogP contribution < -0.4 is 15.4 Å². The summed E-state index contributed by atoms with van der Waals surface area (Å²) in [5, 5.41) is 5.46. The molecule has 1 aromatic heterocycles. The third kappa shape index (κ3) is 3.61. The van der Waals surface area contributed by atoms with Crippen molar-refractivity contribution in [1.82, 2.24) is 15.2 Å². The van der Waals surface area contributed by atoms with Crippen molar-refractivity contribution in [2.24, 2.45) is 0 Å². The molecule has 0 unspecified atom stereocenters. The summed E-state index contributed by atoms with van der Waals surface area (Å²) in [7, 11) is 3.09. The number of anilines is 1. The van der Waals surface area contributed by atoms with E-state index in [2.05, 4.69) is 15.6 Å². The number of amides is 3. The van der Waals surface area contributed by atoms with Crippen LogP contribution in [0.1, 0.15) is 34.8 Å². The maximum absolute atomic E-state index is 12.9. The summed E-state index contributed by atoms with van der Waals surface area (Å²) in [6.45, 7) is 0.677. The molecule has 0 radical (unpaired) electrons. The van der Waals surface area contributed by atoms with Crippen molar-refractivity contribution in [2.45, 2.75) is 18.9 Å². The van der Waals surface area contributed by atoms with Crippen molar-refractivity contribution in [3.63, 3.8) is 0 Å². The van der Waals surface area contributed by atoms with Gasteiger partial charge in [-0.2, -0.15) is 0 Å². The van der Waals surface area contributed by atoms with Crippen LogP contribution >= 0.6 is 0 Å². The zero-order valence-electron chi connectivity index (χ0n) is 14.9. The van der Waals surface area contributed by atoms with Gasteiger partial charge in [-0.3, -0.25) is 9.78 Å². The number of hydrogen-bond donors (Lipinski definition) is 2. The average Bonchev–Trinajstić information content (AvgIpc) is 3.18. The molecule has 3 rings (SSSR count). The Balaban J connectivity index is 1.82. The third-order valence-corrected chi connectivity index (χ3v) is 4.53. The highest BCUT2D eigenvalue weighted by atomic mass is 16.5. The maximum Gasteiger partial charge on any atom is 0.322 e. The lowest BCUT2D eigenvalue weighted by atomic mass is 10.1. The molecule has 136 valence electrons. The fourth-order valence-electron chi connectivity index (χ4n) is 3.22. The molecule has 2 heterocycles. The zero-order chi connectivity index (χ0) is 18.5. The summed E-state index contributed by atoms with van der Waals surface area (Å²) in [5.74, 6) is 0.282. The van der Waals surface area contributed by atoms with Gasteiger partial charge in [0, 0.05) is 31.5 Å². The van der Waals surface area contributed by atoms with Crippen LogP contribution in [-0.2, 0) is 0 Å². The molecule has 2 N–H and O–H groups in total. The minimum absolute atomic E-state index is 0.0196. The normalized spacial score (nSPS) is 16.2. The summed E-state index contributed by atoms with van der Waals surface area (Å²) in [6.07, 6.45) is 5.32. The standard InChI is InChI=1S/C19H22N4O3/c1-20-18(24)14-5-6-17(26-2)15(12-14)22-19(25)23-11-3-4-16(23)13-7-9-21-10-8-13/h5-10,12,16H,3-4,11H2,1-2H3,(H,20,24)(H,22,25)/t16-/m0/s1. The van der Waals surface area contributed by atoms with Crippen LogP contribution in [-0.4, -0.2) is 42.5 Å². The molecule has 0 saturated carbocycles. The van der Waals surface area contributed by atoms with Crippen molar-refractivity contribution in [2.75, 3.05) is 26.0 Å². The minimum atomic E-state index is -0.223. The van der Waals surface area contributed by atoms with E-state index in [0.29, 0.717) is 23.5 Å². The molecule has 2 aromatic rings. The Bertz CT molecular complexity index is 795. The van der Waals surface area contributed by atoms with Crippen molar-refractivity contribution in [3.8, 4) is 5.75 Å². The second-order valence-electron chi connectivity index (χ2n) is 6.06. The highest BCUT2D eigenvalue weighted by Crippen LogP contribution is 2.33. The van der Waals surface area contributed by atoms with E-state index in [1.165, 1.54) is 7.11 Å². The van der Waals surface area contributed by atoms with Gasteiger partial charge in [-0.25, -0.2) is 4.79 Å². The fourth-order valence-corrected chi connectivity index (χ4v) is 3.22. The molecule has 1 saturated heterocycles. The Morgan fingerprint density at radius 3 is 2.69 bits per heavy atom. The van der Waals surface area contributed by atoms with E-state index < -0.39 is 0 Å². The number of rotatable bonds is 4. The Kier molecular flexibility index (Phi) is 5.36. The number of aromatic nitrogens is 1. The minimum Gasteiger partial charge on any atom is -0.495 e. The predicted molar refractivity (Wildman–Crippen MR) is 98.3 cm³/mol. The number of ether oxygens (including phenoxy) is 1. The van der Waals surface area contributed by atoms with Crippen LogP contribution in [0.3, 0.4) is 0 Å². The zero-order valence-corrected chi connectivity index (χ0v) is 14.9. The highest BCUT2D eigenvalue weighted by Gasteiger charge is 2.30. The average molecular weight is 354 g/mol. The molecule has 7 nitrogen and oxygen atoms in total. The van der Waals surface area contributed by atoms with Crippen molar-refractivity contribution in [1.29, 1.82) is 0 Å². The summed E-state index contributed by atoms with van der Waals surface area (Å²) in [4.78, 5) is 30.6. The number of nitrogens with zero attached hydrogens (tertiary/aromatic N) is 2. The van der Waals surface area contributed by atoms with Crippen LogP contribution in [0.15, 0.2) is 42.7 Å². The van der Waals surface area contributed by atoms with Crippen LogP contribution in [0.5, 0.6) is 5.75 Å². The topological polar surface area (TPSA) is 83.6 Å². The number of carbonyl (C=O) groups excluding carboxylic acids is 2. The van der Waals surface area contributed by atoms with Gasteiger partial charge in [0.1, 0.15) is 5.75 Å². The van der Waals surface area contributed by atoms with Crippen LogP contribution in [0, 0.1) is 0 Å². The van der Waals surface area contributed by atoms with Gasteiger partial charge < -0.3 is 20.3 Å². The highest BCUT2D eigenvalue weighted by molar-refractivity contribution is 5.98. The van der Waals surface area contributed by atoms with E-state index in [-0.39, 0.29) is 18.0 Å². The summed E-state index contributed by atoms with van der Waals surface area (Å²) < 4.78 is 5.32. The van der Waals surface area contributed by atoms with Crippen molar-refractivity contribution >= 4 is 17.6 Å². The van der Waals surface area contributed by atoms with E-state index in [4.69, 9.17) is 4.74 Å². The molecule has 0 bridgehead atoms. The van der Waals surface area contributed by atoms with Crippen molar-refractivity contribution in [3.05, 3.63) is 53.9 Å². The molecular formula is C19H22N4O3. The van der Waals surface area contributed by atoms with Gasteiger partial charge in [0.2, 0.25) is 0 Å². The SMILES string of the molecule is CNC(=O)c1ccc(OC)c(NC(=O)N2CCC[C@H]2c2ccncc2)c1. The number of methoxy groups -OCH3 is 1. The number of benzene rings is 1. The monoisotopic (exact) mass is 354 g/mol. The van der Waals surface area contributed by atoms with Crippen molar-refractivity contribution < 1.29 is 14.3 Å². The second-order valence-corrected chi connectivity index (χ2v) is 6.06. The lowest BCUT2D eigenvalue weighted by molar-refractivity contribution is 0.0963. The Hall–Kier alpha value is -3.09. The molecule has 1 aromatic carbocycles. The first-order chi connectivity index (χ1) is 12.6. The molecule has 0 aliphatic carbocycles. The molecule has 0 spiro atoms. The smallest absolute Gasteiger partial charge is 0.322 e. The Labute approximate surface area is 152 Å². The lowest BCUT2D eigenvalue weighted by Crippen LogP contribution is -2.34. The predicted octanol–water partition coefficient (Wildman–Crippen LogP) is 2.82. The fraction of sp³-hybridized carbons (Fsp3) is 0.316. The second kappa shape index (κ2) is 7.86. The molecule has 1 aliphatic rings. The van der Waals surface area contributed by atoms with E-state index in [9.17, 15) is 9.59 Å². The molecule has 3 amide bonds. The Morgan fingerprint density at radius 2 is 2.00 bits per heavy atom. The number of pyridine rings is 1. The first-order valence-electron chi connectivity index (χ1n) is 8.51. The lowest BCUT2D eigenvalue weighted by Gasteiger charge is -2.25. The maximum atomic E-state index is 12.9.